The number of rotatable bonds is 0. The molecule has 0 bridgehead atoms. The minimum atomic E-state index is 0. The van der Waals surface area contributed by atoms with Crippen molar-refractivity contribution in [2.45, 2.75) is 138 Å². The zero-order chi connectivity index (χ0) is 34.0. The maximum atomic E-state index is 8.63. The van der Waals surface area contributed by atoms with Gasteiger partial charge in [0.25, 0.3) is 0 Å². The lowest BCUT2D eigenvalue weighted by atomic mass is 10.3. The molecule has 3 rings (SSSR count). The van der Waals surface area contributed by atoms with E-state index in [0.717, 1.165) is 0 Å². The molecule has 3 aromatic carbocycles. The van der Waals surface area contributed by atoms with Crippen molar-refractivity contribution in [1.29, 1.82) is 0 Å². The minimum Gasteiger partial charge on any atom is -0.508 e. The van der Waals surface area contributed by atoms with E-state index in [2.05, 4.69) is 13.8 Å². The molecule has 41 heavy (non-hydrogen) atoms. The van der Waals surface area contributed by atoms with E-state index < -0.39 is 0 Å². The fourth-order valence-corrected chi connectivity index (χ4v) is 1.28. The van der Waals surface area contributed by atoms with E-state index in [1.165, 1.54) is 6.42 Å². The van der Waals surface area contributed by atoms with Crippen molar-refractivity contribution in [2.24, 2.45) is 0 Å². The first kappa shape index (κ1) is 66.4. The lowest BCUT2D eigenvalue weighted by Gasteiger charge is -1.82. The summed E-state index contributed by atoms with van der Waals surface area (Å²) in [5.74, 6) is 0.965. The van der Waals surface area contributed by atoms with Crippen LogP contribution in [0.15, 0.2) is 91.0 Å². The van der Waals surface area contributed by atoms with Gasteiger partial charge in [-0.1, -0.05) is 193 Å². The normalized spacial score (nSPS) is 6.00. The van der Waals surface area contributed by atoms with Crippen LogP contribution in [-0.4, -0.2) is 15.3 Å². The van der Waals surface area contributed by atoms with E-state index in [1.54, 1.807) is 72.8 Å². The van der Waals surface area contributed by atoms with Crippen LogP contribution in [0.5, 0.6) is 17.2 Å². The highest BCUT2D eigenvalue weighted by atomic mass is 16.3. The fourth-order valence-electron chi connectivity index (χ4n) is 1.28. The minimum absolute atomic E-state index is 0. The van der Waals surface area contributed by atoms with Gasteiger partial charge in [-0.3, -0.25) is 0 Å². The van der Waals surface area contributed by atoms with Crippen LogP contribution >= 0.6 is 0 Å². The van der Waals surface area contributed by atoms with Crippen LogP contribution in [0.2, 0.25) is 0 Å². The van der Waals surface area contributed by atoms with Crippen molar-refractivity contribution < 1.29 is 15.3 Å². The van der Waals surface area contributed by atoms with Crippen molar-refractivity contribution in [3.63, 3.8) is 0 Å². The Morgan fingerprint density at radius 3 is 0.463 bits per heavy atom. The van der Waals surface area contributed by atoms with Crippen molar-refractivity contribution in [3.05, 3.63) is 91.0 Å². The highest BCUT2D eigenvalue weighted by Crippen LogP contribution is 2.04. The molecule has 0 heterocycles. The highest BCUT2D eigenvalue weighted by molar-refractivity contribution is 5.19. The zero-order valence-corrected chi connectivity index (χ0v) is 30.2. The van der Waals surface area contributed by atoms with Crippen LogP contribution < -0.4 is 0 Å². The van der Waals surface area contributed by atoms with Gasteiger partial charge in [0.15, 0.2) is 0 Å². The van der Waals surface area contributed by atoms with Crippen molar-refractivity contribution >= 4 is 0 Å². The Balaban J connectivity index is -0.0000000339. The maximum absolute atomic E-state index is 8.63. The fraction of sp³-hybridized carbons (Fsp3) is 0.526. The molecule has 3 N–H and O–H groups in total. The largest absolute Gasteiger partial charge is 0.508 e. The first-order valence-corrected chi connectivity index (χ1v) is 15.8. The number of hydrogen-bond donors (Lipinski definition) is 3. The van der Waals surface area contributed by atoms with Gasteiger partial charge in [-0.15, -0.1) is 0 Å². The van der Waals surface area contributed by atoms with Gasteiger partial charge in [0.05, 0.1) is 0 Å². The van der Waals surface area contributed by atoms with E-state index >= 15 is 0 Å². The Kier molecular flexibility index (Phi) is 160. The zero-order valence-electron chi connectivity index (χ0n) is 30.2. The van der Waals surface area contributed by atoms with Gasteiger partial charge < -0.3 is 15.3 Å². The van der Waals surface area contributed by atoms with Gasteiger partial charge in [0, 0.05) is 0 Å². The molecule has 0 aromatic heterocycles. The SMILES string of the molecule is C.CC.CC.CC.CC.CC.CC.CC.CC.CCC.Oc1ccccc1.Oc1ccccc1.Oc1ccccc1. The number of phenols is 3. The third kappa shape index (κ3) is 103. The molecule has 3 heteroatoms. The summed E-state index contributed by atoms with van der Waals surface area (Å²) in [5.41, 5.74) is 0. The van der Waals surface area contributed by atoms with E-state index in [9.17, 15) is 0 Å². The molecule has 0 saturated heterocycles. The molecule has 0 unspecified atom stereocenters. The van der Waals surface area contributed by atoms with Gasteiger partial charge in [0.2, 0.25) is 0 Å². The van der Waals surface area contributed by atoms with Crippen LogP contribution in [0.25, 0.3) is 0 Å². The molecular formula is C38H78O3. The molecule has 0 aliphatic rings. The Labute approximate surface area is 261 Å². The first-order valence-electron chi connectivity index (χ1n) is 15.8. The lowest BCUT2D eigenvalue weighted by molar-refractivity contribution is 0.475. The first-order chi connectivity index (χ1) is 19.6. The molecule has 0 atom stereocenters. The second-order valence-corrected chi connectivity index (χ2v) is 4.71. The van der Waals surface area contributed by atoms with Crippen LogP contribution in [-0.2, 0) is 0 Å². The average molecular weight is 583 g/mol. The van der Waals surface area contributed by atoms with E-state index in [0.29, 0.717) is 17.2 Å². The summed E-state index contributed by atoms with van der Waals surface area (Å²) < 4.78 is 0. The van der Waals surface area contributed by atoms with Crippen LogP contribution in [0.1, 0.15) is 138 Å². The average Bonchev–Trinajstić information content (AvgIpc) is 3.07. The predicted molar refractivity (Wildman–Crippen MR) is 198 cm³/mol. The summed E-state index contributed by atoms with van der Waals surface area (Å²) >= 11 is 0. The Morgan fingerprint density at radius 2 is 0.415 bits per heavy atom. The molecule has 0 spiro atoms. The van der Waals surface area contributed by atoms with Crippen LogP contribution in [0, 0.1) is 0 Å². The molecule has 0 radical (unpaired) electrons. The summed E-state index contributed by atoms with van der Waals surface area (Å²) in [6, 6.07) is 26.1. The van der Waals surface area contributed by atoms with E-state index in [-0.39, 0.29) is 7.43 Å². The summed E-state index contributed by atoms with van der Waals surface area (Å²) in [7, 11) is 0. The molecule has 0 aliphatic heterocycles. The second-order valence-electron chi connectivity index (χ2n) is 4.71. The van der Waals surface area contributed by atoms with Gasteiger partial charge in [-0.2, -0.15) is 0 Å². The van der Waals surface area contributed by atoms with Crippen molar-refractivity contribution in [1.82, 2.24) is 0 Å². The van der Waals surface area contributed by atoms with E-state index in [4.69, 9.17) is 15.3 Å². The van der Waals surface area contributed by atoms with Gasteiger partial charge >= 0.3 is 0 Å². The molecule has 0 fully saturated rings. The summed E-state index contributed by atoms with van der Waals surface area (Å²) in [4.78, 5) is 0. The predicted octanol–water partition coefficient (Wildman–Crippen LogP) is 14.4. The highest BCUT2D eigenvalue weighted by Gasteiger charge is 1.76. The number of aromatic hydroxyl groups is 3. The smallest absolute Gasteiger partial charge is 0.115 e. The molecule has 3 nitrogen and oxygen atoms in total. The lowest BCUT2D eigenvalue weighted by Crippen LogP contribution is -1.56. The standard InChI is InChI=1S/3C6H6O.C3H8.8C2H6.CH4/c3*7-6-4-2-1-3-5-6;1-3-2;8*1-2;/h3*1-5,7H;3H2,1-2H3;8*1-2H3;1H4. The molecule has 3 aromatic rings. The third-order valence-corrected chi connectivity index (χ3v) is 2.27. The van der Waals surface area contributed by atoms with Gasteiger partial charge in [-0.05, 0) is 36.4 Å². The molecule has 248 valence electrons. The maximum Gasteiger partial charge on any atom is 0.115 e. The van der Waals surface area contributed by atoms with Crippen molar-refractivity contribution in [2.75, 3.05) is 0 Å². The number of phenolic OH excluding ortho intramolecular Hbond substituents is 3. The second kappa shape index (κ2) is 99.0. The number of benzene rings is 3. The third-order valence-electron chi connectivity index (χ3n) is 2.27. The molecular weight excluding hydrogens is 504 g/mol. The van der Waals surface area contributed by atoms with Gasteiger partial charge in [-0.25, -0.2) is 0 Å². The Morgan fingerprint density at radius 1 is 0.317 bits per heavy atom. The molecule has 0 aliphatic carbocycles. The van der Waals surface area contributed by atoms with Gasteiger partial charge in [0.1, 0.15) is 17.2 Å². The molecule has 0 saturated carbocycles. The number of hydrogen-bond acceptors (Lipinski definition) is 3. The van der Waals surface area contributed by atoms with Crippen LogP contribution in [0.4, 0.5) is 0 Å². The Hall–Kier alpha value is -2.94. The van der Waals surface area contributed by atoms with E-state index in [1.807, 2.05) is 129 Å². The molecule has 0 amide bonds. The number of para-hydroxylation sites is 3. The summed E-state index contributed by atoms with van der Waals surface area (Å²) in [5, 5.41) is 25.9. The monoisotopic (exact) mass is 583 g/mol. The summed E-state index contributed by atoms with van der Waals surface area (Å²) in [6.45, 7) is 36.2. The quantitative estimate of drug-likeness (QED) is 0.247. The van der Waals surface area contributed by atoms with Crippen LogP contribution in [0.3, 0.4) is 0 Å². The van der Waals surface area contributed by atoms with Crippen molar-refractivity contribution in [3.8, 4) is 17.2 Å². The Bertz CT molecular complexity index is 509. The summed E-state index contributed by atoms with van der Waals surface area (Å²) in [6.07, 6.45) is 1.25. The topological polar surface area (TPSA) is 60.7 Å².